The SMILES string of the molecule is N#Cc1ccc(C(=O)N2CCCC3(C2)C(=O)Nc2ccccc23)cn1. The summed E-state index contributed by atoms with van der Waals surface area (Å²) in [7, 11) is 0. The van der Waals surface area contributed by atoms with Crippen LogP contribution in [0.15, 0.2) is 42.6 Å². The third kappa shape index (κ3) is 2.36. The summed E-state index contributed by atoms with van der Waals surface area (Å²) < 4.78 is 0. The maximum absolute atomic E-state index is 12.8. The number of pyridine rings is 1. The van der Waals surface area contributed by atoms with Crippen molar-refractivity contribution < 1.29 is 9.59 Å². The van der Waals surface area contributed by atoms with Crippen molar-refractivity contribution in [1.29, 1.82) is 5.26 Å². The first-order valence-corrected chi connectivity index (χ1v) is 8.20. The van der Waals surface area contributed by atoms with Crippen LogP contribution in [0.3, 0.4) is 0 Å². The summed E-state index contributed by atoms with van der Waals surface area (Å²) in [6, 6.07) is 12.8. The first kappa shape index (κ1) is 15.3. The number of hydrogen-bond acceptors (Lipinski definition) is 4. The van der Waals surface area contributed by atoms with Crippen LogP contribution in [0.4, 0.5) is 5.69 Å². The highest BCUT2D eigenvalue weighted by Gasteiger charge is 2.49. The van der Waals surface area contributed by atoms with Crippen molar-refractivity contribution >= 4 is 17.5 Å². The van der Waals surface area contributed by atoms with Crippen LogP contribution >= 0.6 is 0 Å². The van der Waals surface area contributed by atoms with E-state index in [1.807, 2.05) is 30.3 Å². The number of aromatic nitrogens is 1. The summed E-state index contributed by atoms with van der Waals surface area (Å²) in [6.45, 7) is 0.963. The lowest BCUT2D eigenvalue weighted by Crippen LogP contribution is -2.51. The number of para-hydroxylation sites is 1. The fourth-order valence-electron chi connectivity index (χ4n) is 3.78. The Hall–Kier alpha value is -3.20. The number of carbonyl (C=O) groups excluding carboxylic acids is 2. The Balaban J connectivity index is 1.64. The quantitative estimate of drug-likeness (QED) is 0.866. The number of likely N-dealkylation sites (tertiary alicyclic amines) is 1. The molecular weight excluding hydrogens is 316 g/mol. The van der Waals surface area contributed by atoms with Gasteiger partial charge in [-0.15, -0.1) is 0 Å². The van der Waals surface area contributed by atoms with Crippen molar-refractivity contribution in [3.05, 3.63) is 59.4 Å². The van der Waals surface area contributed by atoms with E-state index in [1.54, 1.807) is 11.0 Å². The second-order valence-corrected chi connectivity index (χ2v) is 6.46. The van der Waals surface area contributed by atoms with Gasteiger partial charge in [-0.05, 0) is 36.6 Å². The van der Waals surface area contributed by atoms with Gasteiger partial charge < -0.3 is 10.2 Å². The number of benzene rings is 1. The fourth-order valence-corrected chi connectivity index (χ4v) is 3.78. The predicted octanol–water partition coefficient (Wildman–Crippen LogP) is 2.08. The number of carbonyl (C=O) groups is 2. The van der Waals surface area contributed by atoms with E-state index in [0.717, 1.165) is 24.1 Å². The first-order chi connectivity index (χ1) is 12.1. The normalized spacial score (nSPS) is 21.6. The molecule has 2 amide bonds. The number of amides is 2. The van der Waals surface area contributed by atoms with Gasteiger partial charge in [0, 0.05) is 25.0 Å². The Bertz CT molecular complexity index is 900. The van der Waals surface area contributed by atoms with Crippen LogP contribution in [0.2, 0.25) is 0 Å². The lowest BCUT2D eigenvalue weighted by molar-refractivity contribution is -0.122. The third-order valence-electron chi connectivity index (χ3n) is 5.03. The molecule has 1 spiro atoms. The summed E-state index contributed by atoms with van der Waals surface area (Å²) in [5.41, 5.74) is 1.83. The molecule has 2 aliphatic rings. The van der Waals surface area contributed by atoms with E-state index in [1.165, 1.54) is 12.3 Å². The Labute approximate surface area is 145 Å². The van der Waals surface area contributed by atoms with E-state index in [9.17, 15) is 9.59 Å². The molecule has 1 aromatic carbocycles. The number of nitrogens with zero attached hydrogens (tertiary/aromatic N) is 3. The largest absolute Gasteiger partial charge is 0.337 e. The van der Waals surface area contributed by atoms with Crippen LogP contribution in [0.25, 0.3) is 0 Å². The zero-order valence-electron chi connectivity index (χ0n) is 13.5. The molecule has 0 aliphatic carbocycles. The Morgan fingerprint density at radius 3 is 2.88 bits per heavy atom. The molecule has 6 nitrogen and oxygen atoms in total. The van der Waals surface area contributed by atoms with Gasteiger partial charge in [0.2, 0.25) is 5.91 Å². The number of nitriles is 1. The van der Waals surface area contributed by atoms with Crippen molar-refractivity contribution in [3.63, 3.8) is 0 Å². The van der Waals surface area contributed by atoms with Gasteiger partial charge in [-0.25, -0.2) is 4.98 Å². The van der Waals surface area contributed by atoms with Crippen LogP contribution in [-0.4, -0.2) is 34.8 Å². The predicted molar refractivity (Wildman–Crippen MR) is 90.8 cm³/mol. The van der Waals surface area contributed by atoms with Crippen LogP contribution in [0, 0.1) is 11.3 Å². The van der Waals surface area contributed by atoms with Gasteiger partial charge in [-0.2, -0.15) is 5.26 Å². The molecule has 3 heterocycles. The molecule has 1 aromatic heterocycles. The Morgan fingerprint density at radius 2 is 2.12 bits per heavy atom. The lowest BCUT2D eigenvalue weighted by atomic mass is 9.75. The zero-order chi connectivity index (χ0) is 17.4. The van der Waals surface area contributed by atoms with Crippen molar-refractivity contribution in [1.82, 2.24) is 9.88 Å². The molecule has 4 rings (SSSR count). The lowest BCUT2D eigenvalue weighted by Gasteiger charge is -2.39. The maximum atomic E-state index is 12.8. The molecule has 6 heteroatoms. The van der Waals surface area contributed by atoms with Crippen molar-refractivity contribution in [2.45, 2.75) is 18.3 Å². The highest BCUT2D eigenvalue weighted by molar-refractivity contribution is 6.07. The summed E-state index contributed by atoms with van der Waals surface area (Å²) >= 11 is 0. The molecule has 1 atom stereocenters. The Kier molecular flexibility index (Phi) is 3.50. The molecule has 2 aliphatic heterocycles. The van der Waals surface area contributed by atoms with Crippen molar-refractivity contribution in [2.75, 3.05) is 18.4 Å². The Morgan fingerprint density at radius 1 is 1.28 bits per heavy atom. The molecule has 124 valence electrons. The van der Waals surface area contributed by atoms with Crippen molar-refractivity contribution in [3.8, 4) is 6.07 Å². The maximum Gasteiger partial charge on any atom is 0.255 e. The molecule has 1 unspecified atom stereocenters. The minimum atomic E-state index is -0.676. The van der Waals surface area contributed by atoms with E-state index < -0.39 is 5.41 Å². The first-order valence-electron chi connectivity index (χ1n) is 8.20. The third-order valence-corrected chi connectivity index (χ3v) is 5.03. The fraction of sp³-hybridized carbons (Fsp3) is 0.263. The van der Waals surface area contributed by atoms with Gasteiger partial charge in [0.1, 0.15) is 11.8 Å². The number of piperidine rings is 1. The standard InChI is InChI=1S/C19H16N4O2/c20-10-14-7-6-13(11-21-14)17(24)23-9-3-8-19(12-23)15-4-1-2-5-16(15)22-18(19)25/h1-2,4-7,11H,3,8-9,12H2,(H,22,25). The van der Waals surface area contributed by atoms with Crippen LogP contribution < -0.4 is 5.32 Å². The summed E-state index contributed by atoms with van der Waals surface area (Å²) in [5.74, 6) is -0.197. The van der Waals surface area contributed by atoms with E-state index in [-0.39, 0.29) is 17.5 Å². The molecule has 0 radical (unpaired) electrons. The number of fused-ring (bicyclic) bond motifs is 2. The molecule has 0 saturated carbocycles. The molecule has 25 heavy (non-hydrogen) atoms. The minimum absolute atomic E-state index is 0.0378. The number of nitrogens with one attached hydrogen (secondary N) is 1. The molecule has 2 aromatic rings. The summed E-state index contributed by atoms with van der Waals surface area (Å²) in [5, 5.41) is 11.8. The average Bonchev–Trinajstić information content (AvgIpc) is 2.93. The number of hydrogen-bond donors (Lipinski definition) is 1. The van der Waals surface area contributed by atoms with Gasteiger partial charge in [0.25, 0.3) is 5.91 Å². The minimum Gasteiger partial charge on any atom is -0.337 e. The molecule has 0 bridgehead atoms. The molecular formula is C19H16N4O2. The van der Waals surface area contributed by atoms with Gasteiger partial charge in [0.05, 0.1) is 11.0 Å². The van der Waals surface area contributed by atoms with Crippen LogP contribution in [0.5, 0.6) is 0 Å². The molecule has 1 saturated heterocycles. The zero-order valence-corrected chi connectivity index (χ0v) is 13.5. The van der Waals surface area contributed by atoms with E-state index in [2.05, 4.69) is 10.3 Å². The average molecular weight is 332 g/mol. The van der Waals surface area contributed by atoms with Crippen LogP contribution in [-0.2, 0) is 10.2 Å². The topological polar surface area (TPSA) is 86.1 Å². The highest BCUT2D eigenvalue weighted by Crippen LogP contribution is 2.43. The van der Waals surface area contributed by atoms with Gasteiger partial charge in [-0.3, -0.25) is 9.59 Å². The van der Waals surface area contributed by atoms with Gasteiger partial charge in [-0.1, -0.05) is 18.2 Å². The number of anilines is 1. The summed E-state index contributed by atoms with van der Waals surface area (Å²) in [4.78, 5) is 31.2. The second-order valence-electron chi connectivity index (χ2n) is 6.46. The van der Waals surface area contributed by atoms with E-state index >= 15 is 0 Å². The smallest absolute Gasteiger partial charge is 0.255 e. The van der Waals surface area contributed by atoms with E-state index in [0.29, 0.717) is 18.7 Å². The van der Waals surface area contributed by atoms with Gasteiger partial charge >= 0.3 is 0 Å². The highest BCUT2D eigenvalue weighted by atomic mass is 16.2. The van der Waals surface area contributed by atoms with E-state index in [4.69, 9.17) is 5.26 Å². The monoisotopic (exact) mass is 332 g/mol. The molecule has 1 N–H and O–H groups in total. The second kappa shape index (κ2) is 5.71. The molecule has 1 fully saturated rings. The number of rotatable bonds is 1. The van der Waals surface area contributed by atoms with Gasteiger partial charge in [0.15, 0.2) is 0 Å². The van der Waals surface area contributed by atoms with Crippen LogP contribution in [0.1, 0.15) is 34.5 Å². The van der Waals surface area contributed by atoms with Crippen molar-refractivity contribution in [2.24, 2.45) is 0 Å². The summed E-state index contributed by atoms with van der Waals surface area (Å²) in [6.07, 6.45) is 2.91.